The summed E-state index contributed by atoms with van der Waals surface area (Å²) in [5.41, 5.74) is 7.79. The number of aliphatic hydroxyl groups is 1. The average molecular weight is 1260 g/mol. The number of hydrogen-bond acceptors (Lipinski definition) is 24. The van der Waals surface area contributed by atoms with Crippen molar-refractivity contribution in [1.82, 2.24) is 61.5 Å². The lowest BCUT2D eigenvalue weighted by Gasteiger charge is -2.23. The van der Waals surface area contributed by atoms with Gasteiger partial charge in [-0.05, 0) is 43.4 Å². The third-order valence-electron chi connectivity index (χ3n) is 12.7. The first-order valence-corrected chi connectivity index (χ1v) is 30.8. The van der Waals surface area contributed by atoms with Gasteiger partial charge in [-0.2, -0.15) is 0 Å². The number of nitrogens with one attached hydrogen (secondary N) is 6. The predicted octanol–water partition coefficient (Wildman–Crippen LogP) is 7.05. The molecule has 5 atom stereocenters. The molecule has 8 aromatic rings. The highest BCUT2D eigenvalue weighted by molar-refractivity contribution is 7.19. The molecule has 31 heteroatoms. The molecule has 6 amide bonds. The Morgan fingerprint density at radius 3 is 2.29 bits per heavy atom. The second-order valence-corrected chi connectivity index (χ2v) is 25.0. The molecule has 25 nitrogen and oxygen atoms in total. The number of rotatable bonds is 14. The Kier molecular flexibility index (Phi) is 19.7. The zero-order chi connectivity index (χ0) is 59.8. The normalized spacial score (nSPS) is 16.6. The Morgan fingerprint density at radius 1 is 0.774 bits per heavy atom. The number of fused-ring (bicyclic) bond motifs is 14. The Bertz CT molecular complexity index is 3730. The summed E-state index contributed by atoms with van der Waals surface area (Å²) in [6.07, 6.45) is -0.385. The van der Waals surface area contributed by atoms with E-state index in [1.807, 2.05) is 13.8 Å². The molecule has 10 N–H and O–H groups in total. The second kappa shape index (κ2) is 27.2. The highest BCUT2D eigenvalue weighted by Gasteiger charge is 2.33. The highest BCUT2D eigenvalue weighted by atomic mass is 32.1. The smallest absolute Gasteiger partial charge is 0.412 e. The topological polar surface area (TPSA) is 367 Å². The van der Waals surface area contributed by atoms with Crippen LogP contribution in [-0.4, -0.2) is 120 Å². The van der Waals surface area contributed by atoms with E-state index in [-0.39, 0.29) is 66.3 Å². The Balaban J connectivity index is 1.09. The first-order chi connectivity index (χ1) is 40.4. The van der Waals surface area contributed by atoms with Gasteiger partial charge >= 0.3 is 12.1 Å². The molecule has 0 unspecified atom stereocenters. The van der Waals surface area contributed by atoms with E-state index >= 15 is 0 Å². The number of carboxylic acid groups (broad SMARTS) is 1. The Hall–Kier alpha value is -7.88. The number of carboxylic acids is 1. The molecule has 1 aromatic carbocycles. The standard InChI is InChI=1S/C53H54N14O11S6/c1-23(2)37-51-67-40(33(84-51)19-77-5)44(72)56-18-36(69)64-41(42(70)25-10-7-6-8-11-25)50-61-31(21-80-50)47-57-17-32(83-47)39-26(13-14-28(58-39)48-62-34(22-81-48)63-53(76)78-15-9-12-27(54)52(74)75)46-60-30(20-79-46)43(71)59-29(16-35(68)55-4)49-66-38(24(3)82-49)45(73)65-37/h6-8,10-11,13-14,17,20-23,27,29,37,41-42,70H,9,12,15-16,18-19,54H2,1-5H3,(H,55,68)(H,56,72)(H,59,71)(H,63,76)(H,64,69)(H,65,73)(H,74,75)/t27-,29-,37-,41-,42-/m0/s1. The molecule has 9 rings (SSSR count). The second-order valence-electron chi connectivity index (χ2n) is 19.0. The maximum absolute atomic E-state index is 14.3. The number of pyridine rings is 1. The maximum Gasteiger partial charge on any atom is 0.412 e. The molecule has 0 aliphatic carbocycles. The molecule has 1 aliphatic rings. The molecule has 0 fully saturated rings. The van der Waals surface area contributed by atoms with E-state index < -0.39 is 78.4 Å². The average Bonchev–Trinajstić information content (AvgIpc) is 3.77. The number of nitrogens with two attached hydrogens (primary N) is 1. The third kappa shape index (κ3) is 14.4. The number of aliphatic hydroxyl groups excluding tert-OH is 1. The minimum atomic E-state index is -1.29. The van der Waals surface area contributed by atoms with Gasteiger partial charge in [-0.1, -0.05) is 44.2 Å². The number of aliphatic carboxylic acids is 1. The summed E-state index contributed by atoms with van der Waals surface area (Å²) in [5, 5.41) is 44.7. The summed E-state index contributed by atoms with van der Waals surface area (Å²) in [6.45, 7) is 4.85. The first-order valence-electron chi connectivity index (χ1n) is 25.7. The van der Waals surface area contributed by atoms with Crippen molar-refractivity contribution in [1.29, 1.82) is 0 Å². The number of aromatic nitrogens is 7. The fourth-order valence-corrected chi connectivity index (χ4v) is 14.0. The van der Waals surface area contributed by atoms with Gasteiger partial charge in [-0.3, -0.25) is 34.1 Å². The number of aryl methyl sites for hydroxylation is 1. The van der Waals surface area contributed by atoms with Crippen LogP contribution in [0.5, 0.6) is 0 Å². The van der Waals surface area contributed by atoms with Crippen LogP contribution in [0.15, 0.2) is 64.8 Å². The van der Waals surface area contributed by atoms with Crippen LogP contribution in [0.1, 0.15) is 119 Å². The van der Waals surface area contributed by atoms with Crippen LogP contribution >= 0.6 is 68.0 Å². The van der Waals surface area contributed by atoms with E-state index in [1.165, 1.54) is 48.2 Å². The summed E-state index contributed by atoms with van der Waals surface area (Å²) >= 11 is 7.04. The van der Waals surface area contributed by atoms with Gasteiger partial charge in [0.1, 0.15) is 76.8 Å². The molecule has 84 heavy (non-hydrogen) atoms. The molecule has 1 aliphatic heterocycles. The molecule has 438 valence electrons. The van der Waals surface area contributed by atoms with E-state index in [1.54, 1.807) is 71.7 Å². The lowest BCUT2D eigenvalue weighted by atomic mass is 10.0. The van der Waals surface area contributed by atoms with Crippen molar-refractivity contribution >= 4 is 115 Å². The largest absolute Gasteiger partial charge is 0.480 e. The summed E-state index contributed by atoms with van der Waals surface area (Å²) in [4.78, 5) is 128. The van der Waals surface area contributed by atoms with Gasteiger partial charge in [-0.25, -0.2) is 39.7 Å². The number of nitrogens with zero attached hydrogens (tertiary/aromatic N) is 7. The van der Waals surface area contributed by atoms with E-state index in [0.717, 1.165) is 34.0 Å². The van der Waals surface area contributed by atoms with Gasteiger partial charge in [0.2, 0.25) is 11.8 Å². The number of ether oxygens (including phenoxy) is 2. The Morgan fingerprint density at radius 2 is 1.54 bits per heavy atom. The number of anilines is 1. The van der Waals surface area contributed by atoms with Crippen LogP contribution in [0.4, 0.5) is 10.6 Å². The molecule has 0 saturated carbocycles. The minimum absolute atomic E-state index is 0.00531. The summed E-state index contributed by atoms with van der Waals surface area (Å²) in [6, 6.07) is 8.28. The van der Waals surface area contributed by atoms with Crippen LogP contribution in [0.3, 0.4) is 0 Å². The molecular weight excluding hydrogens is 1200 g/mol. The van der Waals surface area contributed by atoms with Crippen LogP contribution in [-0.2, 0) is 30.5 Å². The number of thiazole rings is 6. The maximum atomic E-state index is 14.3. The van der Waals surface area contributed by atoms with Crippen molar-refractivity contribution in [3.63, 3.8) is 0 Å². The number of amides is 6. The molecule has 7 aromatic heterocycles. The molecule has 0 radical (unpaired) electrons. The number of carbonyl (C=O) groups excluding carboxylic acids is 6. The number of benzene rings is 1. The van der Waals surface area contributed by atoms with Gasteiger partial charge in [0, 0.05) is 46.9 Å². The van der Waals surface area contributed by atoms with Crippen molar-refractivity contribution in [2.24, 2.45) is 11.7 Å². The Labute approximate surface area is 503 Å². The van der Waals surface area contributed by atoms with Crippen LogP contribution in [0.2, 0.25) is 0 Å². The van der Waals surface area contributed by atoms with Crippen molar-refractivity contribution in [3.8, 4) is 42.5 Å². The van der Waals surface area contributed by atoms with Crippen molar-refractivity contribution in [2.45, 2.75) is 76.9 Å². The fraction of sp³-hybridized carbons (Fsp3) is 0.321. The lowest BCUT2D eigenvalue weighted by molar-refractivity contribution is -0.138. The summed E-state index contributed by atoms with van der Waals surface area (Å²) < 4.78 is 10.7. The van der Waals surface area contributed by atoms with E-state index in [4.69, 9.17) is 40.2 Å². The van der Waals surface area contributed by atoms with Crippen molar-refractivity contribution < 1.29 is 53.2 Å². The van der Waals surface area contributed by atoms with Crippen molar-refractivity contribution in [3.05, 3.63) is 112 Å². The zero-order valence-electron chi connectivity index (χ0n) is 45.3. The van der Waals surface area contributed by atoms with Gasteiger partial charge < -0.3 is 52.0 Å². The van der Waals surface area contributed by atoms with E-state index in [9.17, 15) is 38.7 Å². The monoisotopic (exact) mass is 1250 g/mol. The molecule has 8 heterocycles. The van der Waals surface area contributed by atoms with E-state index in [2.05, 4.69) is 46.9 Å². The molecule has 10 bridgehead atoms. The number of methoxy groups -OCH3 is 1. The molecule has 0 saturated heterocycles. The molecule has 0 spiro atoms. The van der Waals surface area contributed by atoms with E-state index in [0.29, 0.717) is 67.9 Å². The van der Waals surface area contributed by atoms with Crippen LogP contribution in [0, 0.1) is 12.8 Å². The SMILES string of the molecule is CNC(=O)C[C@@H]1NC(=O)c2csc(n2)-c2ccc(-c3nc(NC(=O)OCCC[C@H](N)C(=O)O)cs3)nc2-c2cnc(s2)-c2csc(n2)[C@H]([C@@H](O)c2ccccc2)NC(=O)CNC(=O)c2nc(sc2COC)[C@H](C(C)C)NC(=O)c2nc1sc2C. The van der Waals surface area contributed by atoms with Crippen LogP contribution < -0.4 is 37.6 Å². The van der Waals surface area contributed by atoms with Gasteiger partial charge in [0.05, 0.1) is 59.4 Å². The molecular formula is C53H54N14O11S6. The first kappa shape index (κ1) is 60.7. The van der Waals surface area contributed by atoms with Gasteiger partial charge in [0.15, 0.2) is 0 Å². The van der Waals surface area contributed by atoms with Crippen LogP contribution in [0.25, 0.3) is 42.5 Å². The summed E-state index contributed by atoms with van der Waals surface area (Å²) in [7, 11) is 2.93. The van der Waals surface area contributed by atoms with Gasteiger partial charge in [-0.15, -0.1) is 68.0 Å². The highest BCUT2D eigenvalue weighted by Crippen LogP contribution is 2.41. The number of carbonyl (C=O) groups is 7. The van der Waals surface area contributed by atoms with Gasteiger partial charge in [0.25, 0.3) is 17.7 Å². The predicted molar refractivity (Wildman–Crippen MR) is 317 cm³/mol. The zero-order valence-corrected chi connectivity index (χ0v) is 50.2. The minimum Gasteiger partial charge on any atom is -0.480 e. The summed E-state index contributed by atoms with van der Waals surface area (Å²) in [5.74, 6) is -4.18. The third-order valence-corrected chi connectivity index (χ3v) is 18.6. The lowest BCUT2D eigenvalue weighted by Crippen LogP contribution is -2.40. The van der Waals surface area contributed by atoms with Crippen molar-refractivity contribution in [2.75, 3.05) is 32.6 Å². The number of hydrogen-bond donors (Lipinski definition) is 9. The quantitative estimate of drug-likeness (QED) is 0.0492. The fourth-order valence-electron chi connectivity index (χ4n) is 8.37.